The Morgan fingerprint density at radius 2 is 1.53 bits per heavy atom. The van der Waals surface area contributed by atoms with E-state index in [0.717, 1.165) is 11.1 Å². The Kier molecular flexibility index (Phi) is 2.99. The monoisotopic (exact) mass is 249 g/mol. The third-order valence-corrected chi connectivity index (χ3v) is 3.38. The van der Waals surface area contributed by atoms with Gasteiger partial charge in [0, 0.05) is 0 Å². The van der Waals surface area contributed by atoms with Gasteiger partial charge in [-0.15, -0.1) is 0 Å². The lowest BCUT2D eigenvalue weighted by atomic mass is 10.0. The molecule has 2 aromatic rings. The Morgan fingerprint density at radius 3 is 2.05 bits per heavy atom. The molecule has 0 heterocycles. The zero-order valence-electron chi connectivity index (χ0n) is 10.7. The summed E-state index contributed by atoms with van der Waals surface area (Å²) in [4.78, 5) is 11.8. The summed E-state index contributed by atoms with van der Waals surface area (Å²) in [6, 6.07) is 16.1. The molecule has 1 radical (unpaired) electrons. The molecule has 0 saturated heterocycles. The Hall–Kier alpha value is -2.23. The van der Waals surface area contributed by atoms with Gasteiger partial charge >= 0.3 is 6.03 Å². The molecule has 3 rings (SSSR count). The number of hydrogen-bond acceptors (Lipinski definition) is 1. The SMILES string of the molecule is C[B]NC(=O)NC1c2ccccc2-c2ccccc21. The van der Waals surface area contributed by atoms with E-state index in [0.29, 0.717) is 0 Å². The molecule has 2 N–H and O–H groups in total. The molecule has 0 aliphatic heterocycles. The molecule has 93 valence electrons. The molecular formula is C15H14BN2O. The van der Waals surface area contributed by atoms with E-state index in [4.69, 9.17) is 0 Å². The minimum atomic E-state index is -0.181. The maximum atomic E-state index is 11.8. The Balaban J connectivity index is 2.02. The van der Waals surface area contributed by atoms with Gasteiger partial charge in [-0.05, 0) is 22.3 Å². The number of urea groups is 1. The highest BCUT2D eigenvalue weighted by Crippen LogP contribution is 2.42. The van der Waals surface area contributed by atoms with Gasteiger partial charge in [-0.2, -0.15) is 0 Å². The minimum Gasteiger partial charge on any atom is -0.386 e. The van der Waals surface area contributed by atoms with Crippen molar-refractivity contribution in [2.24, 2.45) is 0 Å². The largest absolute Gasteiger partial charge is 0.386 e. The highest BCUT2D eigenvalue weighted by molar-refractivity contribution is 6.35. The van der Waals surface area contributed by atoms with Crippen molar-refractivity contribution < 1.29 is 4.79 Å². The van der Waals surface area contributed by atoms with Gasteiger partial charge in [0.15, 0.2) is 0 Å². The molecule has 0 aromatic heterocycles. The first-order valence-electron chi connectivity index (χ1n) is 6.34. The van der Waals surface area contributed by atoms with Crippen molar-refractivity contribution in [3.05, 3.63) is 59.7 Å². The quantitative estimate of drug-likeness (QED) is 0.789. The first kappa shape index (κ1) is 11.8. The topological polar surface area (TPSA) is 41.1 Å². The fraction of sp³-hybridized carbons (Fsp3) is 0.133. The number of carbonyl (C=O) groups is 1. The molecule has 1 aliphatic rings. The van der Waals surface area contributed by atoms with Gasteiger partial charge in [0.1, 0.15) is 0 Å². The van der Waals surface area contributed by atoms with Crippen LogP contribution in [0.15, 0.2) is 48.5 Å². The molecule has 19 heavy (non-hydrogen) atoms. The predicted molar refractivity (Wildman–Crippen MR) is 77.0 cm³/mol. The standard InChI is InChI=1S/C15H14BN2O/c1-16-18-15(19)17-14-12-8-4-2-6-10(12)11-7-3-5-9-13(11)14/h2-9,14H,1H3,(H2,17,18,19). The van der Waals surface area contributed by atoms with E-state index in [2.05, 4.69) is 34.8 Å². The number of carbonyl (C=O) groups excluding carboxylic acids is 1. The van der Waals surface area contributed by atoms with Crippen LogP contribution in [0.2, 0.25) is 6.82 Å². The highest BCUT2D eigenvalue weighted by atomic mass is 16.2. The average molecular weight is 249 g/mol. The average Bonchev–Trinajstić information content (AvgIpc) is 2.75. The fourth-order valence-corrected chi connectivity index (χ4v) is 2.61. The van der Waals surface area contributed by atoms with Crippen molar-refractivity contribution in [2.75, 3.05) is 0 Å². The third kappa shape index (κ3) is 1.99. The van der Waals surface area contributed by atoms with Gasteiger partial charge < -0.3 is 10.5 Å². The fourth-order valence-electron chi connectivity index (χ4n) is 2.61. The normalized spacial score (nSPS) is 12.5. The van der Waals surface area contributed by atoms with Crippen molar-refractivity contribution in [3.8, 4) is 11.1 Å². The number of rotatable bonds is 2. The Labute approximate surface area is 113 Å². The lowest BCUT2D eigenvalue weighted by molar-refractivity contribution is 0.244. The summed E-state index contributed by atoms with van der Waals surface area (Å²) in [5, 5.41) is 5.67. The van der Waals surface area contributed by atoms with E-state index in [1.54, 1.807) is 14.2 Å². The number of hydrogen-bond donors (Lipinski definition) is 2. The molecule has 0 spiro atoms. The van der Waals surface area contributed by atoms with Crippen molar-refractivity contribution in [3.63, 3.8) is 0 Å². The molecular weight excluding hydrogens is 235 g/mol. The number of fused-ring (bicyclic) bond motifs is 3. The smallest absolute Gasteiger partial charge is 0.303 e. The lowest BCUT2D eigenvalue weighted by Gasteiger charge is -2.16. The molecule has 2 aromatic carbocycles. The van der Waals surface area contributed by atoms with Crippen molar-refractivity contribution in [1.29, 1.82) is 0 Å². The lowest BCUT2D eigenvalue weighted by Crippen LogP contribution is -2.38. The zero-order valence-corrected chi connectivity index (χ0v) is 10.7. The van der Waals surface area contributed by atoms with E-state index >= 15 is 0 Å². The number of nitrogens with one attached hydrogen (secondary N) is 2. The van der Waals surface area contributed by atoms with E-state index in [9.17, 15) is 4.79 Å². The van der Waals surface area contributed by atoms with Gasteiger partial charge in [0.25, 0.3) is 0 Å². The van der Waals surface area contributed by atoms with Crippen LogP contribution < -0.4 is 10.5 Å². The third-order valence-electron chi connectivity index (χ3n) is 3.38. The maximum absolute atomic E-state index is 11.8. The number of benzene rings is 2. The Bertz CT molecular complexity index is 582. The van der Waals surface area contributed by atoms with Gasteiger partial charge in [0.05, 0.1) is 6.04 Å². The van der Waals surface area contributed by atoms with Gasteiger partial charge in [-0.25, -0.2) is 0 Å². The molecule has 0 fully saturated rings. The zero-order chi connectivity index (χ0) is 13.2. The van der Waals surface area contributed by atoms with Gasteiger partial charge in [-0.3, -0.25) is 4.79 Å². The van der Waals surface area contributed by atoms with Crippen LogP contribution in [0.3, 0.4) is 0 Å². The molecule has 2 amide bonds. The second-order valence-electron chi connectivity index (χ2n) is 4.51. The summed E-state index contributed by atoms with van der Waals surface area (Å²) < 4.78 is 0. The van der Waals surface area contributed by atoms with E-state index in [1.807, 2.05) is 24.3 Å². The van der Waals surface area contributed by atoms with Gasteiger partial charge in [0.2, 0.25) is 7.41 Å². The first-order valence-corrected chi connectivity index (χ1v) is 6.34. The summed E-state index contributed by atoms with van der Waals surface area (Å²) in [7, 11) is 1.63. The van der Waals surface area contributed by atoms with Gasteiger partial charge in [-0.1, -0.05) is 55.4 Å². The minimum absolute atomic E-state index is 0.0765. The molecule has 3 nitrogen and oxygen atoms in total. The van der Waals surface area contributed by atoms with E-state index in [-0.39, 0.29) is 12.1 Å². The number of amides is 2. The van der Waals surface area contributed by atoms with Crippen molar-refractivity contribution >= 4 is 13.4 Å². The van der Waals surface area contributed by atoms with Crippen LogP contribution in [0.1, 0.15) is 17.2 Å². The molecule has 0 bridgehead atoms. The highest BCUT2D eigenvalue weighted by Gasteiger charge is 2.28. The first-order chi connectivity index (χ1) is 9.31. The molecule has 4 heteroatoms. The van der Waals surface area contributed by atoms with E-state index < -0.39 is 0 Å². The molecule has 0 atom stereocenters. The van der Waals surface area contributed by atoms with Crippen LogP contribution in [0.25, 0.3) is 11.1 Å². The van der Waals surface area contributed by atoms with E-state index in [1.165, 1.54) is 11.1 Å². The summed E-state index contributed by atoms with van der Waals surface area (Å²) in [6.45, 7) is 1.79. The predicted octanol–water partition coefficient (Wildman–Crippen LogP) is 2.72. The van der Waals surface area contributed by atoms with Crippen LogP contribution in [0.4, 0.5) is 4.79 Å². The molecule has 0 saturated carbocycles. The molecule has 1 aliphatic carbocycles. The van der Waals surface area contributed by atoms with Crippen LogP contribution >= 0.6 is 0 Å². The van der Waals surface area contributed by atoms with Crippen LogP contribution in [-0.2, 0) is 0 Å². The van der Waals surface area contributed by atoms with Crippen molar-refractivity contribution in [2.45, 2.75) is 12.9 Å². The van der Waals surface area contributed by atoms with Crippen molar-refractivity contribution in [1.82, 2.24) is 10.5 Å². The van der Waals surface area contributed by atoms with Crippen LogP contribution in [-0.4, -0.2) is 13.4 Å². The second-order valence-corrected chi connectivity index (χ2v) is 4.51. The summed E-state index contributed by atoms with van der Waals surface area (Å²) in [5.41, 5.74) is 4.69. The summed E-state index contributed by atoms with van der Waals surface area (Å²) in [6.07, 6.45) is 0. The molecule has 0 unspecified atom stereocenters. The second kappa shape index (κ2) is 4.80. The van der Waals surface area contributed by atoms with Crippen LogP contribution in [0.5, 0.6) is 0 Å². The summed E-state index contributed by atoms with van der Waals surface area (Å²) in [5.74, 6) is 0. The maximum Gasteiger partial charge on any atom is 0.303 e. The summed E-state index contributed by atoms with van der Waals surface area (Å²) >= 11 is 0. The Morgan fingerprint density at radius 1 is 1.00 bits per heavy atom. The van der Waals surface area contributed by atoms with Crippen LogP contribution in [0, 0.1) is 0 Å².